The normalized spacial score (nSPS) is 26.1. The summed E-state index contributed by atoms with van der Waals surface area (Å²) in [6.45, 7) is 5.24. The molecule has 0 radical (unpaired) electrons. The molecule has 0 bridgehead atoms. The molecule has 0 aromatic heterocycles. The van der Waals surface area contributed by atoms with Crippen molar-refractivity contribution in [3.63, 3.8) is 0 Å². The van der Waals surface area contributed by atoms with Gasteiger partial charge in [0.25, 0.3) is 0 Å². The zero-order valence-electron chi connectivity index (χ0n) is 12.7. The zero-order chi connectivity index (χ0) is 14.9. The second kappa shape index (κ2) is 6.23. The van der Waals surface area contributed by atoms with E-state index in [0.29, 0.717) is 6.04 Å². The van der Waals surface area contributed by atoms with Crippen molar-refractivity contribution in [2.24, 2.45) is 0 Å². The number of nitrogens with one attached hydrogen (secondary N) is 1. The van der Waals surface area contributed by atoms with Gasteiger partial charge in [-0.1, -0.05) is 30.5 Å². The first-order valence-corrected chi connectivity index (χ1v) is 8.39. The van der Waals surface area contributed by atoms with Crippen molar-refractivity contribution in [2.75, 3.05) is 13.1 Å². The molecule has 4 heteroatoms. The number of rotatable bonds is 2. The third kappa shape index (κ3) is 3.41. The van der Waals surface area contributed by atoms with Crippen LogP contribution in [0.2, 0.25) is 5.02 Å². The van der Waals surface area contributed by atoms with Crippen LogP contribution in [0, 0.1) is 5.82 Å². The monoisotopic (exact) mass is 310 g/mol. The molecule has 1 atom stereocenters. The Kier molecular flexibility index (Phi) is 4.53. The Balaban J connectivity index is 1.76. The number of halogens is 2. The molecule has 1 saturated heterocycles. The SMILES string of the molecule is CC1CCNC2(CCCC2)CN1Cc1ccc(Cl)c(F)c1. The van der Waals surface area contributed by atoms with Gasteiger partial charge in [0, 0.05) is 24.7 Å². The lowest BCUT2D eigenvalue weighted by atomic mass is 9.96. The summed E-state index contributed by atoms with van der Waals surface area (Å²) in [5.74, 6) is -0.314. The van der Waals surface area contributed by atoms with E-state index in [9.17, 15) is 4.39 Å². The number of hydrogen-bond acceptors (Lipinski definition) is 2. The summed E-state index contributed by atoms with van der Waals surface area (Å²) in [6, 6.07) is 5.71. The standard InChI is InChI=1S/C17H24ClFN2/c1-13-6-9-20-17(7-2-3-8-17)12-21(13)11-14-4-5-15(18)16(19)10-14/h4-5,10,13,20H,2-3,6-9,11-12H2,1H3. The van der Waals surface area contributed by atoms with Gasteiger partial charge in [-0.15, -0.1) is 0 Å². The van der Waals surface area contributed by atoms with Crippen LogP contribution >= 0.6 is 11.6 Å². The van der Waals surface area contributed by atoms with Crippen molar-refractivity contribution < 1.29 is 4.39 Å². The summed E-state index contributed by atoms with van der Waals surface area (Å²) in [5, 5.41) is 3.99. The van der Waals surface area contributed by atoms with Gasteiger partial charge in [-0.3, -0.25) is 4.90 Å². The fraction of sp³-hybridized carbons (Fsp3) is 0.647. The maximum atomic E-state index is 13.6. The highest BCUT2D eigenvalue weighted by molar-refractivity contribution is 6.30. The van der Waals surface area contributed by atoms with Crippen LogP contribution < -0.4 is 5.32 Å². The van der Waals surface area contributed by atoms with Crippen molar-refractivity contribution in [1.82, 2.24) is 10.2 Å². The minimum atomic E-state index is -0.314. The Hall–Kier alpha value is -0.640. The van der Waals surface area contributed by atoms with Crippen LogP contribution in [0.1, 0.15) is 44.6 Å². The van der Waals surface area contributed by atoms with E-state index in [1.165, 1.54) is 25.7 Å². The molecule has 116 valence electrons. The third-order valence-corrected chi connectivity index (χ3v) is 5.43. The summed E-state index contributed by atoms with van der Waals surface area (Å²) in [7, 11) is 0. The highest BCUT2D eigenvalue weighted by Gasteiger charge is 2.37. The number of benzene rings is 1. The fourth-order valence-corrected chi connectivity index (χ4v) is 3.92. The summed E-state index contributed by atoms with van der Waals surface area (Å²) < 4.78 is 13.6. The molecule has 1 unspecified atom stereocenters. The van der Waals surface area contributed by atoms with Crippen LogP contribution in [-0.2, 0) is 6.54 Å². The maximum absolute atomic E-state index is 13.6. The summed E-state index contributed by atoms with van der Waals surface area (Å²) >= 11 is 5.78. The zero-order valence-corrected chi connectivity index (χ0v) is 13.4. The number of hydrogen-bond donors (Lipinski definition) is 1. The highest BCUT2D eigenvalue weighted by Crippen LogP contribution is 2.33. The molecule has 1 aromatic carbocycles. The molecule has 1 spiro atoms. The molecule has 1 saturated carbocycles. The molecule has 1 N–H and O–H groups in total. The van der Waals surface area contributed by atoms with Crippen LogP contribution in [0.25, 0.3) is 0 Å². The van der Waals surface area contributed by atoms with Gasteiger partial charge in [-0.05, 0) is 50.4 Å². The van der Waals surface area contributed by atoms with Crippen LogP contribution in [0.3, 0.4) is 0 Å². The second-order valence-electron chi connectivity index (χ2n) is 6.71. The molecule has 3 rings (SSSR count). The van der Waals surface area contributed by atoms with Crippen LogP contribution in [-0.4, -0.2) is 29.6 Å². The van der Waals surface area contributed by atoms with Crippen molar-refractivity contribution in [2.45, 2.75) is 57.2 Å². The molecular weight excluding hydrogens is 287 g/mol. The average Bonchev–Trinajstić information content (AvgIpc) is 2.84. The lowest BCUT2D eigenvalue weighted by Gasteiger charge is -2.35. The Labute approximate surface area is 131 Å². The van der Waals surface area contributed by atoms with Crippen LogP contribution in [0.5, 0.6) is 0 Å². The van der Waals surface area contributed by atoms with E-state index < -0.39 is 0 Å². The predicted molar refractivity (Wildman–Crippen MR) is 85.1 cm³/mol. The molecule has 1 aliphatic heterocycles. The molecule has 1 aromatic rings. The molecule has 2 fully saturated rings. The quantitative estimate of drug-likeness (QED) is 0.889. The van der Waals surface area contributed by atoms with E-state index in [-0.39, 0.29) is 16.4 Å². The fourth-order valence-electron chi connectivity index (χ4n) is 3.80. The highest BCUT2D eigenvalue weighted by atomic mass is 35.5. The third-order valence-electron chi connectivity index (χ3n) is 5.12. The summed E-state index contributed by atoms with van der Waals surface area (Å²) in [6.07, 6.45) is 6.34. The molecule has 1 heterocycles. The van der Waals surface area contributed by atoms with Gasteiger partial charge in [-0.25, -0.2) is 4.39 Å². The largest absolute Gasteiger partial charge is 0.310 e. The van der Waals surface area contributed by atoms with Gasteiger partial charge in [-0.2, -0.15) is 0 Å². The minimum absolute atomic E-state index is 0.205. The lowest BCUT2D eigenvalue weighted by molar-refractivity contribution is 0.160. The van der Waals surface area contributed by atoms with E-state index in [1.54, 1.807) is 12.1 Å². The van der Waals surface area contributed by atoms with Crippen molar-refractivity contribution in [3.05, 3.63) is 34.6 Å². The van der Waals surface area contributed by atoms with Gasteiger partial charge >= 0.3 is 0 Å². The average molecular weight is 311 g/mol. The molecular formula is C17H24ClFN2. The first-order chi connectivity index (χ1) is 10.1. The van der Waals surface area contributed by atoms with Gasteiger partial charge in [0.15, 0.2) is 0 Å². The topological polar surface area (TPSA) is 15.3 Å². The van der Waals surface area contributed by atoms with Crippen LogP contribution in [0.15, 0.2) is 18.2 Å². The summed E-state index contributed by atoms with van der Waals surface area (Å²) in [5.41, 5.74) is 1.30. The molecule has 21 heavy (non-hydrogen) atoms. The predicted octanol–water partition coefficient (Wildman–Crippen LogP) is 3.98. The lowest BCUT2D eigenvalue weighted by Crippen LogP contribution is -2.49. The smallest absolute Gasteiger partial charge is 0.142 e. The van der Waals surface area contributed by atoms with Crippen molar-refractivity contribution in [3.8, 4) is 0 Å². The molecule has 2 aliphatic rings. The van der Waals surface area contributed by atoms with E-state index in [1.807, 2.05) is 6.07 Å². The van der Waals surface area contributed by atoms with E-state index in [4.69, 9.17) is 11.6 Å². The van der Waals surface area contributed by atoms with Gasteiger partial charge in [0.1, 0.15) is 5.82 Å². The molecule has 2 nitrogen and oxygen atoms in total. The first kappa shape index (κ1) is 15.3. The summed E-state index contributed by atoms with van der Waals surface area (Å²) in [4.78, 5) is 2.51. The van der Waals surface area contributed by atoms with E-state index in [0.717, 1.165) is 31.6 Å². The Morgan fingerprint density at radius 1 is 1.38 bits per heavy atom. The number of nitrogens with zero attached hydrogens (tertiary/aromatic N) is 1. The van der Waals surface area contributed by atoms with E-state index in [2.05, 4.69) is 17.1 Å². The van der Waals surface area contributed by atoms with Crippen LogP contribution in [0.4, 0.5) is 4.39 Å². The van der Waals surface area contributed by atoms with E-state index >= 15 is 0 Å². The Morgan fingerprint density at radius 2 is 2.14 bits per heavy atom. The second-order valence-corrected chi connectivity index (χ2v) is 7.11. The Bertz CT molecular complexity index is 500. The van der Waals surface area contributed by atoms with Crippen molar-refractivity contribution in [1.29, 1.82) is 0 Å². The van der Waals surface area contributed by atoms with Gasteiger partial charge in [0.05, 0.1) is 5.02 Å². The first-order valence-electron chi connectivity index (χ1n) is 8.01. The van der Waals surface area contributed by atoms with Crippen molar-refractivity contribution >= 4 is 11.6 Å². The van der Waals surface area contributed by atoms with Gasteiger partial charge in [0.2, 0.25) is 0 Å². The maximum Gasteiger partial charge on any atom is 0.142 e. The van der Waals surface area contributed by atoms with Gasteiger partial charge < -0.3 is 5.32 Å². The Morgan fingerprint density at radius 3 is 2.86 bits per heavy atom. The molecule has 0 amide bonds. The minimum Gasteiger partial charge on any atom is -0.310 e. The molecule has 1 aliphatic carbocycles.